The van der Waals surface area contributed by atoms with E-state index in [1.165, 1.54) is 0 Å². The van der Waals surface area contributed by atoms with Crippen LogP contribution in [0.15, 0.2) is 29.2 Å². The molecule has 0 aliphatic carbocycles. The average molecular weight is 250 g/mol. The second-order valence-electron chi connectivity index (χ2n) is 4.23. The number of carbonyl (C=O) groups is 1. The van der Waals surface area contributed by atoms with Gasteiger partial charge < -0.3 is 10.6 Å². The van der Waals surface area contributed by atoms with Gasteiger partial charge in [0, 0.05) is 11.4 Å². The number of para-hydroxylation sites is 1. The molecule has 0 radical (unpaired) electrons. The van der Waals surface area contributed by atoms with Crippen LogP contribution in [0.3, 0.4) is 0 Å². The normalized spacial score (nSPS) is 19.9. The molecule has 0 saturated carbocycles. The number of rotatable bonds is 3. The van der Waals surface area contributed by atoms with E-state index in [1.807, 2.05) is 30.5 Å². The van der Waals surface area contributed by atoms with Gasteiger partial charge in [0.1, 0.15) is 0 Å². The van der Waals surface area contributed by atoms with E-state index in [9.17, 15) is 4.79 Å². The zero-order valence-corrected chi connectivity index (χ0v) is 10.8. The SMILES string of the molecule is CSc1ccccc1NC(=O)[C@@H]1CCCNC1. The van der Waals surface area contributed by atoms with E-state index >= 15 is 0 Å². The van der Waals surface area contributed by atoms with Gasteiger partial charge in [-0.1, -0.05) is 12.1 Å². The fourth-order valence-electron chi connectivity index (χ4n) is 2.06. The van der Waals surface area contributed by atoms with Crippen molar-refractivity contribution in [2.45, 2.75) is 17.7 Å². The Bertz CT molecular complexity index is 389. The largest absolute Gasteiger partial charge is 0.325 e. The first-order valence-electron chi connectivity index (χ1n) is 5.96. The van der Waals surface area contributed by atoms with Crippen LogP contribution in [0.4, 0.5) is 5.69 Å². The predicted octanol–water partition coefficient (Wildman–Crippen LogP) is 2.35. The summed E-state index contributed by atoms with van der Waals surface area (Å²) < 4.78 is 0. The zero-order chi connectivity index (χ0) is 12.1. The van der Waals surface area contributed by atoms with Gasteiger partial charge in [-0.2, -0.15) is 0 Å². The fraction of sp³-hybridized carbons (Fsp3) is 0.462. The Balaban J connectivity index is 2.01. The molecule has 2 N–H and O–H groups in total. The molecule has 1 saturated heterocycles. The molecule has 2 rings (SSSR count). The molecule has 1 heterocycles. The van der Waals surface area contributed by atoms with Crippen LogP contribution in [-0.2, 0) is 4.79 Å². The summed E-state index contributed by atoms with van der Waals surface area (Å²) in [7, 11) is 0. The molecule has 1 amide bonds. The topological polar surface area (TPSA) is 41.1 Å². The Labute approximate surface area is 106 Å². The van der Waals surface area contributed by atoms with Gasteiger partial charge in [-0.05, 0) is 37.8 Å². The lowest BCUT2D eigenvalue weighted by Gasteiger charge is -2.22. The van der Waals surface area contributed by atoms with E-state index < -0.39 is 0 Å². The third kappa shape index (κ3) is 3.23. The quantitative estimate of drug-likeness (QED) is 0.809. The van der Waals surface area contributed by atoms with Crippen molar-refractivity contribution in [2.24, 2.45) is 5.92 Å². The number of thioether (sulfide) groups is 1. The molecule has 1 aromatic carbocycles. The number of piperidine rings is 1. The fourth-order valence-corrected chi connectivity index (χ4v) is 2.61. The molecule has 1 atom stereocenters. The highest BCUT2D eigenvalue weighted by Gasteiger charge is 2.21. The van der Waals surface area contributed by atoms with Crippen molar-refractivity contribution in [3.8, 4) is 0 Å². The van der Waals surface area contributed by atoms with Crippen LogP contribution in [0.5, 0.6) is 0 Å². The zero-order valence-electron chi connectivity index (χ0n) is 10.0. The van der Waals surface area contributed by atoms with Crippen LogP contribution in [0, 0.1) is 5.92 Å². The molecular formula is C13H18N2OS. The Morgan fingerprint density at radius 3 is 3.00 bits per heavy atom. The molecule has 1 fully saturated rings. The van der Waals surface area contributed by atoms with Crippen LogP contribution in [0.1, 0.15) is 12.8 Å². The number of hydrogen-bond donors (Lipinski definition) is 2. The van der Waals surface area contributed by atoms with Gasteiger partial charge in [-0.15, -0.1) is 11.8 Å². The molecule has 0 bridgehead atoms. The molecule has 3 nitrogen and oxygen atoms in total. The summed E-state index contributed by atoms with van der Waals surface area (Å²) in [5, 5.41) is 6.30. The molecule has 1 aromatic rings. The van der Waals surface area contributed by atoms with Crippen LogP contribution in [0.25, 0.3) is 0 Å². The van der Waals surface area contributed by atoms with Gasteiger partial charge >= 0.3 is 0 Å². The van der Waals surface area contributed by atoms with Gasteiger partial charge in [-0.3, -0.25) is 4.79 Å². The van der Waals surface area contributed by atoms with E-state index in [2.05, 4.69) is 10.6 Å². The first-order valence-corrected chi connectivity index (χ1v) is 7.18. The van der Waals surface area contributed by atoms with Crippen molar-refractivity contribution >= 4 is 23.4 Å². The van der Waals surface area contributed by atoms with Gasteiger partial charge in [0.2, 0.25) is 5.91 Å². The van der Waals surface area contributed by atoms with Gasteiger partial charge in [0.25, 0.3) is 0 Å². The summed E-state index contributed by atoms with van der Waals surface area (Å²) >= 11 is 1.65. The summed E-state index contributed by atoms with van der Waals surface area (Å²) in [5.41, 5.74) is 0.926. The minimum Gasteiger partial charge on any atom is -0.325 e. The second-order valence-corrected chi connectivity index (χ2v) is 5.08. The summed E-state index contributed by atoms with van der Waals surface area (Å²) in [6, 6.07) is 7.93. The molecular weight excluding hydrogens is 232 g/mol. The van der Waals surface area contributed by atoms with Crippen LogP contribution >= 0.6 is 11.8 Å². The van der Waals surface area contributed by atoms with Crippen molar-refractivity contribution < 1.29 is 4.79 Å². The average Bonchev–Trinajstić information content (AvgIpc) is 2.40. The molecule has 0 spiro atoms. The molecule has 0 unspecified atom stereocenters. The van der Waals surface area contributed by atoms with Gasteiger partial charge in [-0.25, -0.2) is 0 Å². The predicted molar refractivity (Wildman–Crippen MR) is 72.4 cm³/mol. The third-order valence-electron chi connectivity index (χ3n) is 3.03. The highest BCUT2D eigenvalue weighted by molar-refractivity contribution is 7.98. The first kappa shape index (κ1) is 12.5. The molecule has 4 heteroatoms. The Hall–Kier alpha value is -1.00. The van der Waals surface area contributed by atoms with E-state index in [0.717, 1.165) is 36.5 Å². The summed E-state index contributed by atoms with van der Waals surface area (Å²) in [6.07, 6.45) is 4.09. The van der Waals surface area contributed by atoms with Crippen molar-refractivity contribution in [3.63, 3.8) is 0 Å². The van der Waals surface area contributed by atoms with Crippen molar-refractivity contribution in [1.82, 2.24) is 5.32 Å². The number of benzene rings is 1. The monoisotopic (exact) mass is 250 g/mol. The minimum atomic E-state index is 0.110. The van der Waals surface area contributed by atoms with E-state index in [-0.39, 0.29) is 11.8 Å². The van der Waals surface area contributed by atoms with Gasteiger partial charge in [0.05, 0.1) is 11.6 Å². The molecule has 92 valence electrons. The van der Waals surface area contributed by atoms with Crippen molar-refractivity contribution in [2.75, 3.05) is 24.7 Å². The number of hydrogen-bond acceptors (Lipinski definition) is 3. The van der Waals surface area contributed by atoms with Crippen LogP contribution in [-0.4, -0.2) is 25.3 Å². The van der Waals surface area contributed by atoms with Crippen molar-refractivity contribution in [3.05, 3.63) is 24.3 Å². The number of carbonyl (C=O) groups excluding carboxylic acids is 1. The molecule has 0 aromatic heterocycles. The highest BCUT2D eigenvalue weighted by atomic mass is 32.2. The molecule has 17 heavy (non-hydrogen) atoms. The second kappa shape index (κ2) is 6.07. The van der Waals surface area contributed by atoms with E-state index in [1.54, 1.807) is 11.8 Å². The minimum absolute atomic E-state index is 0.110. The summed E-state index contributed by atoms with van der Waals surface area (Å²) in [5.74, 6) is 0.248. The van der Waals surface area contributed by atoms with Crippen LogP contribution < -0.4 is 10.6 Å². The Morgan fingerprint density at radius 1 is 1.47 bits per heavy atom. The number of anilines is 1. The maximum absolute atomic E-state index is 12.1. The third-order valence-corrected chi connectivity index (χ3v) is 3.83. The first-order chi connectivity index (χ1) is 8.31. The Morgan fingerprint density at radius 2 is 2.29 bits per heavy atom. The number of amides is 1. The maximum Gasteiger partial charge on any atom is 0.228 e. The lowest BCUT2D eigenvalue weighted by molar-refractivity contribution is -0.120. The van der Waals surface area contributed by atoms with Crippen LogP contribution in [0.2, 0.25) is 0 Å². The van der Waals surface area contributed by atoms with Crippen molar-refractivity contribution in [1.29, 1.82) is 0 Å². The standard InChI is InChI=1S/C13H18N2OS/c1-17-12-7-3-2-6-11(12)15-13(16)10-5-4-8-14-9-10/h2-3,6-7,10,14H,4-5,8-9H2,1H3,(H,15,16)/t10-/m1/s1. The Kier molecular flexibility index (Phi) is 4.45. The lowest BCUT2D eigenvalue weighted by Crippen LogP contribution is -2.37. The van der Waals surface area contributed by atoms with Gasteiger partial charge in [0.15, 0.2) is 0 Å². The lowest BCUT2D eigenvalue weighted by atomic mass is 9.99. The highest BCUT2D eigenvalue weighted by Crippen LogP contribution is 2.25. The number of nitrogens with one attached hydrogen (secondary N) is 2. The smallest absolute Gasteiger partial charge is 0.228 e. The van der Waals surface area contributed by atoms with E-state index in [0.29, 0.717) is 0 Å². The van der Waals surface area contributed by atoms with E-state index in [4.69, 9.17) is 0 Å². The summed E-state index contributed by atoms with van der Waals surface area (Å²) in [6.45, 7) is 1.83. The molecule has 1 aliphatic rings. The summed E-state index contributed by atoms with van der Waals surface area (Å²) in [4.78, 5) is 13.2. The maximum atomic E-state index is 12.1. The molecule has 1 aliphatic heterocycles.